The maximum atomic E-state index is 12.9. The predicted molar refractivity (Wildman–Crippen MR) is 108 cm³/mol. The monoisotopic (exact) mass is 440 g/mol. The Morgan fingerprint density at radius 1 is 1.35 bits per heavy atom. The number of nitrogens with one attached hydrogen (secondary N) is 2. The Kier molecular flexibility index (Phi) is 9.01. The molecule has 0 saturated carbocycles. The number of aromatic nitrogens is 2. The molecule has 0 aliphatic carbocycles. The van der Waals surface area contributed by atoms with Crippen LogP contribution in [-0.2, 0) is 15.7 Å². The molecule has 1 amide bonds. The van der Waals surface area contributed by atoms with E-state index in [4.69, 9.17) is 15.2 Å². The molecule has 2 rings (SSSR count). The normalized spacial score (nSPS) is 11.6. The zero-order chi connectivity index (χ0) is 22.3. The molecule has 0 spiro atoms. The van der Waals surface area contributed by atoms with Gasteiger partial charge in [-0.1, -0.05) is 13.5 Å². The van der Waals surface area contributed by atoms with Crippen LogP contribution in [0.4, 0.5) is 30.6 Å². The lowest BCUT2D eigenvalue weighted by atomic mass is 10.2. The number of nitrogens with zero attached hydrogens (tertiary/aromatic N) is 3. The summed E-state index contributed by atoms with van der Waals surface area (Å²) in [4.78, 5) is 20.4. The fourth-order valence-corrected chi connectivity index (χ4v) is 2.42. The minimum Gasteiger partial charge on any atom is -0.477 e. The van der Waals surface area contributed by atoms with E-state index in [0.29, 0.717) is 0 Å². The van der Waals surface area contributed by atoms with Crippen LogP contribution >= 0.6 is 0 Å². The molecule has 0 saturated heterocycles. The first kappa shape index (κ1) is 25.4. The Bertz CT molecular complexity index is 946. The van der Waals surface area contributed by atoms with Gasteiger partial charge in [-0.2, -0.15) is 28.4 Å². The molecule has 9 nitrogen and oxygen atoms in total. The SMILES string of the molecule is C.CCOc1nc(N)nc(N[C@@H](COC)C(=O)Nc2cccc(C(F)(F)F)c2)c1C#N. The molecule has 1 aromatic carbocycles. The number of anilines is 3. The molecule has 0 fully saturated rings. The molecule has 0 bridgehead atoms. The summed E-state index contributed by atoms with van der Waals surface area (Å²) in [6.45, 7) is 1.72. The van der Waals surface area contributed by atoms with Crippen LogP contribution in [-0.4, -0.2) is 42.2 Å². The predicted octanol–water partition coefficient (Wildman–Crippen LogP) is 3.05. The summed E-state index contributed by atoms with van der Waals surface area (Å²) in [5.41, 5.74) is 4.58. The molecule has 1 atom stereocenters. The zero-order valence-electron chi connectivity index (χ0n) is 16.1. The van der Waals surface area contributed by atoms with Gasteiger partial charge < -0.3 is 25.8 Å². The van der Waals surface area contributed by atoms with Crippen molar-refractivity contribution in [2.75, 3.05) is 36.7 Å². The van der Waals surface area contributed by atoms with E-state index >= 15 is 0 Å². The quantitative estimate of drug-likeness (QED) is 0.570. The Labute approximate surface area is 177 Å². The second kappa shape index (κ2) is 11.0. The number of nitrogen functional groups attached to an aromatic ring is 1. The highest BCUT2D eigenvalue weighted by atomic mass is 19.4. The third-order valence-electron chi connectivity index (χ3n) is 3.70. The molecular formula is C19H23F3N6O3. The molecule has 2 aromatic rings. The van der Waals surface area contributed by atoms with Gasteiger partial charge in [0.05, 0.1) is 18.8 Å². The molecular weight excluding hydrogens is 417 g/mol. The van der Waals surface area contributed by atoms with Crippen molar-refractivity contribution in [3.63, 3.8) is 0 Å². The van der Waals surface area contributed by atoms with E-state index in [0.717, 1.165) is 12.1 Å². The fraction of sp³-hybridized carbons (Fsp3) is 0.368. The van der Waals surface area contributed by atoms with Gasteiger partial charge in [-0.25, -0.2) is 0 Å². The lowest BCUT2D eigenvalue weighted by molar-refractivity contribution is -0.137. The van der Waals surface area contributed by atoms with E-state index in [1.165, 1.54) is 19.2 Å². The number of amides is 1. The van der Waals surface area contributed by atoms with E-state index in [-0.39, 0.29) is 49.5 Å². The van der Waals surface area contributed by atoms with Gasteiger partial charge >= 0.3 is 6.18 Å². The van der Waals surface area contributed by atoms with Gasteiger partial charge in [0.2, 0.25) is 17.7 Å². The summed E-state index contributed by atoms with van der Waals surface area (Å²) >= 11 is 0. The first-order chi connectivity index (χ1) is 14.2. The number of alkyl halides is 3. The number of benzene rings is 1. The number of nitrogens with two attached hydrogens (primary N) is 1. The van der Waals surface area contributed by atoms with Crippen molar-refractivity contribution in [2.24, 2.45) is 0 Å². The van der Waals surface area contributed by atoms with Crippen LogP contribution in [0.5, 0.6) is 5.88 Å². The second-order valence-corrected chi connectivity index (χ2v) is 5.88. The number of carbonyl (C=O) groups excluding carboxylic acids is 1. The van der Waals surface area contributed by atoms with Gasteiger partial charge in [-0.15, -0.1) is 0 Å². The van der Waals surface area contributed by atoms with Gasteiger partial charge in [0.25, 0.3) is 0 Å². The zero-order valence-corrected chi connectivity index (χ0v) is 16.1. The topological polar surface area (TPSA) is 135 Å². The summed E-state index contributed by atoms with van der Waals surface area (Å²) < 4.78 is 48.9. The maximum Gasteiger partial charge on any atom is 0.416 e. The minimum absolute atomic E-state index is 0. The standard InChI is InChI=1S/C18H19F3N6O3.CH4/c1-3-30-16-12(8-22)14(26-17(23)27-16)25-13(9-29-2)15(28)24-11-6-4-5-10(7-11)18(19,20)21;/h4-7,13H,3,9H2,1-2H3,(H,24,28)(H3,23,25,26,27);1H4/t13-;/m0./s1. The van der Waals surface area contributed by atoms with Gasteiger partial charge in [0.1, 0.15) is 12.1 Å². The van der Waals surface area contributed by atoms with Gasteiger partial charge in [-0.3, -0.25) is 4.79 Å². The summed E-state index contributed by atoms with van der Waals surface area (Å²) in [6, 6.07) is 4.94. The summed E-state index contributed by atoms with van der Waals surface area (Å²) in [5, 5.41) is 14.5. The highest BCUT2D eigenvalue weighted by Crippen LogP contribution is 2.30. The first-order valence-corrected chi connectivity index (χ1v) is 8.63. The van der Waals surface area contributed by atoms with Crippen molar-refractivity contribution in [1.29, 1.82) is 5.26 Å². The minimum atomic E-state index is -4.55. The number of hydrogen-bond acceptors (Lipinski definition) is 8. The van der Waals surface area contributed by atoms with E-state index in [1.807, 2.05) is 6.07 Å². The molecule has 0 radical (unpaired) electrons. The second-order valence-electron chi connectivity index (χ2n) is 5.88. The lowest BCUT2D eigenvalue weighted by Gasteiger charge is -2.20. The van der Waals surface area contributed by atoms with Crippen LogP contribution in [0.25, 0.3) is 0 Å². The number of rotatable bonds is 8. The van der Waals surface area contributed by atoms with Crippen molar-refractivity contribution in [3.05, 3.63) is 35.4 Å². The van der Waals surface area contributed by atoms with Crippen LogP contribution in [0.15, 0.2) is 24.3 Å². The smallest absolute Gasteiger partial charge is 0.416 e. The van der Waals surface area contributed by atoms with Gasteiger partial charge in [-0.05, 0) is 25.1 Å². The van der Waals surface area contributed by atoms with Crippen LogP contribution in [0, 0.1) is 11.3 Å². The largest absolute Gasteiger partial charge is 0.477 e. The van der Waals surface area contributed by atoms with E-state index in [9.17, 15) is 23.2 Å². The fourth-order valence-electron chi connectivity index (χ4n) is 2.42. The Morgan fingerprint density at radius 3 is 2.65 bits per heavy atom. The number of hydrogen-bond donors (Lipinski definition) is 3. The Morgan fingerprint density at radius 2 is 2.06 bits per heavy atom. The molecule has 0 unspecified atom stereocenters. The maximum absolute atomic E-state index is 12.9. The third-order valence-corrected chi connectivity index (χ3v) is 3.70. The van der Waals surface area contributed by atoms with Crippen molar-refractivity contribution in [1.82, 2.24) is 9.97 Å². The summed E-state index contributed by atoms with van der Waals surface area (Å²) in [5.74, 6) is -1.05. The average molecular weight is 440 g/mol. The van der Waals surface area contributed by atoms with Crippen LogP contribution in [0.2, 0.25) is 0 Å². The van der Waals surface area contributed by atoms with E-state index in [2.05, 4.69) is 20.6 Å². The molecule has 0 aliphatic rings. The number of ether oxygens (including phenoxy) is 2. The molecule has 4 N–H and O–H groups in total. The highest BCUT2D eigenvalue weighted by Gasteiger charge is 2.31. The molecule has 12 heteroatoms. The van der Waals surface area contributed by atoms with E-state index < -0.39 is 23.7 Å². The summed E-state index contributed by atoms with van der Waals surface area (Å²) in [6.07, 6.45) is -4.55. The summed E-state index contributed by atoms with van der Waals surface area (Å²) in [7, 11) is 1.33. The molecule has 168 valence electrons. The lowest BCUT2D eigenvalue weighted by Crippen LogP contribution is -2.39. The van der Waals surface area contributed by atoms with Crippen molar-refractivity contribution >= 4 is 23.4 Å². The molecule has 0 aliphatic heterocycles. The van der Waals surface area contributed by atoms with Crippen LogP contribution in [0.3, 0.4) is 0 Å². The average Bonchev–Trinajstić information content (AvgIpc) is 2.67. The number of methoxy groups -OCH3 is 1. The Balaban J connectivity index is 0.00000480. The highest BCUT2D eigenvalue weighted by molar-refractivity contribution is 5.96. The van der Waals surface area contributed by atoms with Crippen molar-refractivity contribution < 1.29 is 27.4 Å². The Hall–Kier alpha value is -3.59. The van der Waals surface area contributed by atoms with Crippen LogP contribution < -0.4 is 21.1 Å². The number of carbonyl (C=O) groups is 1. The number of nitriles is 1. The molecule has 31 heavy (non-hydrogen) atoms. The molecule has 1 heterocycles. The van der Waals surface area contributed by atoms with Gasteiger partial charge in [0, 0.05) is 12.8 Å². The van der Waals surface area contributed by atoms with Crippen molar-refractivity contribution in [3.8, 4) is 11.9 Å². The van der Waals surface area contributed by atoms with Crippen LogP contribution in [0.1, 0.15) is 25.5 Å². The third kappa shape index (κ3) is 6.71. The van der Waals surface area contributed by atoms with Gasteiger partial charge in [0.15, 0.2) is 11.4 Å². The molecule has 1 aromatic heterocycles. The van der Waals surface area contributed by atoms with E-state index in [1.54, 1.807) is 6.92 Å². The number of halogens is 3. The first-order valence-electron chi connectivity index (χ1n) is 8.63. The van der Waals surface area contributed by atoms with Crippen molar-refractivity contribution in [2.45, 2.75) is 26.6 Å².